The molecule has 0 aliphatic heterocycles. The molecule has 0 radical (unpaired) electrons. The van der Waals surface area contributed by atoms with Crippen LogP contribution in [0.5, 0.6) is 0 Å². The Morgan fingerprint density at radius 1 is 1.57 bits per heavy atom. The molecule has 76 valence electrons. The summed E-state index contributed by atoms with van der Waals surface area (Å²) >= 11 is 0. The van der Waals surface area contributed by atoms with Crippen molar-refractivity contribution in [2.45, 2.75) is 0 Å². The largest absolute Gasteiger partial charge is 0.386 e. The van der Waals surface area contributed by atoms with Crippen LogP contribution in [0.2, 0.25) is 0 Å². The van der Waals surface area contributed by atoms with Gasteiger partial charge in [-0.3, -0.25) is 20.4 Å². The SMILES string of the molecule is CNc1cc([N+](=O)[O-])ccc1N(C)O. The van der Waals surface area contributed by atoms with Gasteiger partial charge in [0.15, 0.2) is 0 Å². The molecular formula is C8H11N3O3. The highest BCUT2D eigenvalue weighted by Crippen LogP contribution is 2.28. The van der Waals surface area contributed by atoms with Crippen molar-refractivity contribution in [2.24, 2.45) is 0 Å². The number of nitrogens with one attached hydrogen (secondary N) is 1. The zero-order chi connectivity index (χ0) is 10.7. The Balaban J connectivity index is 3.18. The van der Waals surface area contributed by atoms with Crippen LogP contribution >= 0.6 is 0 Å². The Morgan fingerprint density at radius 2 is 2.21 bits per heavy atom. The van der Waals surface area contributed by atoms with Crippen molar-refractivity contribution in [1.82, 2.24) is 0 Å². The van der Waals surface area contributed by atoms with Crippen molar-refractivity contribution >= 4 is 17.1 Å². The molecule has 0 amide bonds. The zero-order valence-electron chi connectivity index (χ0n) is 7.89. The maximum atomic E-state index is 10.5. The van der Waals surface area contributed by atoms with Crippen LogP contribution in [0.4, 0.5) is 17.1 Å². The third kappa shape index (κ3) is 1.91. The van der Waals surface area contributed by atoms with Crippen LogP contribution in [0.15, 0.2) is 18.2 Å². The number of anilines is 2. The molecule has 0 spiro atoms. The molecule has 0 atom stereocenters. The Labute approximate surface area is 80.9 Å². The van der Waals surface area contributed by atoms with Gasteiger partial charge < -0.3 is 5.32 Å². The molecule has 0 bridgehead atoms. The van der Waals surface area contributed by atoms with Crippen molar-refractivity contribution in [3.8, 4) is 0 Å². The number of hydrogen-bond acceptors (Lipinski definition) is 5. The Bertz CT molecular complexity index is 352. The van der Waals surface area contributed by atoms with E-state index >= 15 is 0 Å². The lowest BCUT2D eigenvalue weighted by Crippen LogP contribution is -2.12. The minimum Gasteiger partial charge on any atom is -0.386 e. The summed E-state index contributed by atoms with van der Waals surface area (Å²) in [4.78, 5) is 9.97. The first-order valence-corrected chi connectivity index (χ1v) is 3.95. The highest BCUT2D eigenvalue weighted by Gasteiger charge is 2.11. The second-order valence-corrected chi connectivity index (χ2v) is 2.73. The number of hydroxylamine groups is 1. The summed E-state index contributed by atoms with van der Waals surface area (Å²) < 4.78 is 0. The van der Waals surface area contributed by atoms with Gasteiger partial charge in [-0.05, 0) is 6.07 Å². The summed E-state index contributed by atoms with van der Waals surface area (Å²) in [5.41, 5.74) is 0.974. The highest BCUT2D eigenvalue weighted by molar-refractivity contribution is 5.71. The molecule has 1 aromatic rings. The van der Waals surface area contributed by atoms with Crippen LogP contribution in [0, 0.1) is 10.1 Å². The third-order valence-corrected chi connectivity index (χ3v) is 1.81. The van der Waals surface area contributed by atoms with Gasteiger partial charge in [0, 0.05) is 26.2 Å². The second kappa shape index (κ2) is 3.93. The van der Waals surface area contributed by atoms with E-state index in [0.29, 0.717) is 11.4 Å². The third-order valence-electron chi connectivity index (χ3n) is 1.81. The smallest absolute Gasteiger partial charge is 0.271 e. The molecule has 0 aliphatic carbocycles. The second-order valence-electron chi connectivity index (χ2n) is 2.73. The fraction of sp³-hybridized carbons (Fsp3) is 0.250. The quantitative estimate of drug-likeness (QED) is 0.566. The summed E-state index contributed by atoms with van der Waals surface area (Å²) in [6, 6.07) is 4.18. The molecule has 14 heavy (non-hydrogen) atoms. The predicted molar refractivity (Wildman–Crippen MR) is 52.8 cm³/mol. The van der Waals surface area contributed by atoms with Gasteiger partial charge in [0.2, 0.25) is 0 Å². The first-order valence-electron chi connectivity index (χ1n) is 3.95. The standard InChI is InChI=1S/C8H11N3O3/c1-9-7-5-6(11(13)14)3-4-8(7)10(2)12/h3-5,9,12H,1-2H3. The van der Waals surface area contributed by atoms with Crippen molar-refractivity contribution < 1.29 is 10.1 Å². The lowest BCUT2D eigenvalue weighted by atomic mass is 10.2. The van der Waals surface area contributed by atoms with Gasteiger partial charge in [0.25, 0.3) is 5.69 Å². The van der Waals surface area contributed by atoms with Gasteiger partial charge in [-0.15, -0.1) is 0 Å². The van der Waals surface area contributed by atoms with E-state index < -0.39 is 4.92 Å². The van der Waals surface area contributed by atoms with Gasteiger partial charge in [-0.2, -0.15) is 0 Å². The number of hydrogen-bond donors (Lipinski definition) is 2. The molecule has 6 heteroatoms. The van der Waals surface area contributed by atoms with E-state index in [1.165, 1.54) is 25.2 Å². The predicted octanol–water partition coefficient (Wildman–Crippen LogP) is 1.46. The van der Waals surface area contributed by atoms with E-state index in [1.807, 2.05) is 0 Å². The lowest BCUT2D eigenvalue weighted by molar-refractivity contribution is -0.384. The van der Waals surface area contributed by atoms with Crippen LogP contribution in [0.1, 0.15) is 0 Å². The van der Waals surface area contributed by atoms with Crippen LogP contribution in [0.25, 0.3) is 0 Å². The maximum absolute atomic E-state index is 10.5. The maximum Gasteiger partial charge on any atom is 0.271 e. The topological polar surface area (TPSA) is 78.6 Å². The molecule has 0 saturated carbocycles. The van der Waals surface area contributed by atoms with Crippen LogP contribution in [-0.4, -0.2) is 24.2 Å². The first kappa shape index (κ1) is 10.3. The first-order chi connectivity index (χ1) is 6.56. The highest BCUT2D eigenvalue weighted by atomic mass is 16.6. The van der Waals surface area contributed by atoms with Crippen LogP contribution in [-0.2, 0) is 0 Å². The van der Waals surface area contributed by atoms with E-state index in [0.717, 1.165) is 5.06 Å². The van der Waals surface area contributed by atoms with Crippen LogP contribution in [0.3, 0.4) is 0 Å². The molecule has 0 heterocycles. The fourth-order valence-electron chi connectivity index (χ4n) is 1.12. The fourth-order valence-corrected chi connectivity index (χ4v) is 1.12. The average molecular weight is 197 g/mol. The van der Waals surface area contributed by atoms with Crippen LogP contribution < -0.4 is 10.4 Å². The van der Waals surface area contributed by atoms with Crippen molar-refractivity contribution in [1.29, 1.82) is 0 Å². The Hall–Kier alpha value is -1.82. The molecule has 0 saturated heterocycles. The average Bonchev–Trinajstić information content (AvgIpc) is 2.16. The van der Waals surface area contributed by atoms with Crippen molar-refractivity contribution in [3.63, 3.8) is 0 Å². The lowest BCUT2D eigenvalue weighted by Gasteiger charge is -2.14. The van der Waals surface area contributed by atoms with E-state index in [2.05, 4.69) is 5.32 Å². The molecule has 2 N–H and O–H groups in total. The number of nitro benzene ring substituents is 1. The van der Waals surface area contributed by atoms with Crippen molar-refractivity contribution in [2.75, 3.05) is 24.5 Å². The van der Waals surface area contributed by atoms with E-state index in [9.17, 15) is 15.3 Å². The number of benzene rings is 1. The number of nitrogens with zero attached hydrogens (tertiary/aromatic N) is 2. The molecule has 0 aromatic heterocycles. The molecular weight excluding hydrogens is 186 g/mol. The Kier molecular flexibility index (Phi) is 2.88. The summed E-state index contributed by atoms with van der Waals surface area (Å²) in [7, 11) is 3.08. The van der Waals surface area contributed by atoms with E-state index in [4.69, 9.17) is 0 Å². The van der Waals surface area contributed by atoms with Gasteiger partial charge in [0.1, 0.15) is 0 Å². The molecule has 6 nitrogen and oxygen atoms in total. The molecule has 1 aromatic carbocycles. The summed E-state index contributed by atoms with van der Waals surface area (Å²) in [6.45, 7) is 0. The van der Waals surface area contributed by atoms with E-state index in [-0.39, 0.29) is 5.69 Å². The number of non-ortho nitro benzene ring substituents is 1. The monoisotopic (exact) mass is 197 g/mol. The van der Waals surface area contributed by atoms with Gasteiger partial charge in [0.05, 0.1) is 16.3 Å². The van der Waals surface area contributed by atoms with Gasteiger partial charge in [-0.1, -0.05) is 0 Å². The molecule has 0 unspecified atom stereocenters. The summed E-state index contributed by atoms with van der Waals surface area (Å²) in [5, 5.41) is 23.3. The van der Waals surface area contributed by atoms with E-state index in [1.54, 1.807) is 7.05 Å². The zero-order valence-corrected chi connectivity index (χ0v) is 7.89. The molecule has 0 fully saturated rings. The minimum atomic E-state index is -0.484. The van der Waals surface area contributed by atoms with Gasteiger partial charge in [-0.25, -0.2) is 0 Å². The Morgan fingerprint density at radius 3 is 2.64 bits per heavy atom. The normalized spacial score (nSPS) is 9.64. The minimum absolute atomic E-state index is 0.0139. The summed E-state index contributed by atoms with van der Waals surface area (Å²) in [5.74, 6) is 0. The summed E-state index contributed by atoms with van der Waals surface area (Å²) in [6.07, 6.45) is 0. The van der Waals surface area contributed by atoms with Gasteiger partial charge >= 0.3 is 0 Å². The number of nitro groups is 1. The number of rotatable bonds is 3. The molecule has 0 aliphatic rings. The van der Waals surface area contributed by atoms with Crippen molar-refractivity contribution in [3.05, 3.63) is 28.3 Å². The molecule has 1 rings (SSSR count).